The minimum absolute atomic E-state index is 0.228. The summed E-state index contributed by atoms with van der Waals surface area (Å²) in [5.41, 5.74) is 3.61. The number of carbonyl (C=O) groups excluding carboxylic acids is 1. The van der Waals surface area contributed by atoms with Gasteiger partial charge in [-0.2, -0.15) is 0 Å². The Morgan fingerprint density at radius 3 is 2.60 bits per heavy atom. The van der Waals surface area contributed by atoms with Crippen LogP contribution in [0.3, 0.4) is 0 Å². The number of rotatable bonds is 3. The Balaban J connectivity index is 1.72. The van der Waals surface area contributed by atoms with Gasteiger partial charge in [0.15, 0.2) is 0 Å². The minimum atomic E-state index is 0.228. The van der Waals surface area contributed by atoms with Crippen molar-refractivity contribution >= 4 is 11.6 Å². The summed E-state index contributed by atoms with van der Waals surface area (Å²) >= 11 is 0. The molecule has 3 rings (SSSR count). The van der Waals surface area contributed by atoms with Gasteiger partial charge in [0.05, 0.1) is 0 Å². The SMILES string of the molecule is CC(CC(=O)N1CCc2ccccc21)c1ccccc1. The Kier molecular flexibility index (Phi) is 3.55. The van der Waals surface area contributed by atoms with E-state index >= 15 is 0 Å². The topological polar surface area (TPSA) is 20.3 Å². The second kappa shape index (κ2) is 5.49. The third-order valence-electron chi connectivity index (χ3n) is 4.04. The Morgan fingerprint density at radius 2 is 1.80 bits per heavy atom. The molecule has 0 fully saturated rings. The van der Waals surface area contributed by atoms with Gasteiger partial charge in [0.25, 0.3) is 0 Å². The maximum Gasteiger partial charge on any atom is 0.227 e. The standard InChI is InChI=1S/C18H19NO/c1-14(15-7-3-2-4-8-15)13-18(20)19-12-11-16-9-5-6-10-17(16)19/h2-10,14H,11-13H2,1H3. The van der Waals surface area contributed by atoms with Crippen molar-refractivity contribution in [2.45, 2.75) is 25.7 Å². The molecule has 2 aromatic rings. The van der Waals surface area contributed by atoms with Gasteiger partial charge in [-0.25, -0.2) is 0 Å². The Morgan fingerprint density at radius 1 is 1.10 bits per heavy atom. The van der Waals surface area contributed by atoms with Gasteiger partial charge in [0.1, 0.15) is 0 Å². The van der Waals surface area contributed by atoms with Gasteiger partial charge >= 0.3 is 0 Å². The lowest BCUT2D eigenvalue weighted by molar-refractivity contribution is -0.118. The molecule has 1 heterocycles. The number of para-hydroxylation sites is 1. The molecule has 2 nitrogen and oxygen atoms in total. The van der Waals surface area contributed by atoms with Crippen LogP contribution in [0.25, 0.3) is 0 Å². The van der Waals surface area contributed by atoms with Crippen LogP contribution in [-0.4, -0.2) is 12.5 Å². The van der Waals surface area contributed by atoms with Crippen LogP contribution >= 0.6 is 0 Å². The molecule has 0 aliphatic carbocycles. The smallest absolute Gasteiger partial charge is 0.227 e. The van der Waals surface area contributed by atoms with E-state index in [1.54, 1.807) is 0 Å². The molecular weight excluding hydrogens is 246 g/mol. The maximum absolute atomic E-state index is 12.5. The van der Waals surface area contributed by atoms with Gasteiger partial charge in [0.2, 0.25) is 5.91 Å². The third kappa shape index (κ3) is 2.46. The molecule has 0 radical (unpaired) electrons. The van der Waals surface area contributed by atoms with Gasteiger partial charge < -0.3 is 4.90 Å². The highest BCUT2D eigenvalue weighted by atomic mass is 16.2. The average molecular weight is 265 g/mol. The van der Waals surface area contributed by atoms with Crippen molar-refractivity contribution in [1.82, 2.24) is 0 Å². The van der Waals surface area contributed by atoms with Crippen LogP contribution in [-0.2, 0) is 11.2 Å². The van der Waals surface area contributed by atoms with Crippen molar-refractivity contribution in [3.63, 3.8) is 0 Å². The fourth-order valence-electron chi connectivity index (χ4n) is 2.87. The molecular formula is C18H19NO. The fourth-order valence-corrected chi connectivity index (χ4v) is 2.87. The summed E-state index contributed by atoms with van der Waals surface area (Å²) in [7, 11) is 0. The summed E-state index contributed by atoms with van der Waals surface area (Å²) in [6.07, 6.45) is 1.54. The Bertz CT molecular complexity index is 606. The number of benzene rings is 2. The second-order valence-electron chi connectivity index (χ2n) is 5.44. The van der Waals surface area contributed by atoms with E-state index < -0.39 is 0 Å². The lowest BCUT2D eigenvalue weighted by atomic mass is 9.97. The number of fused-ring (bicyclic) bond motifs is 1. The van der Waals surface area contributed by atoms with Gasteiger partial charge in [-0.05, 0) is 29.5 Å². The predicted molar refractivity (Wildman–Crippen MR) is 82.0 cm³/mol. The van der Waals surface area contributed by atoms with E-state index in [0.29, 0.717) is 6.42 Å². The van der Waals surface area contributed by atoms with E-state index in [4.69, 9.17) is 0 Å². The normalized spacial score (nSPS) is 14.9. The lowest BCUT2D eigenvalue weighted by Gasteiger charge is -2.20. The number of hydrogen-bond acceptors (Lipinski definition) is 1. The van der Waals surface area contributed by atoms with Crippen molar-refractivity contribution < 1.29 is 4.79 Å². The molecule has 0 bridgehead atoms. The van der Waals surface area contributed by atoms with E-state index in [2.05, 4.69) is 25.1 Å². The van der Waals surface area contributed by atoms with Crippen molar-refractivity contribution in [1.29, 1.82) is 0 Å². The van der Waals surface area contributed by atoms with E-state index in [1.807, 2.05) is 41.3 Å². The van der Waals surface area contributed by atoms with Crippen molar-refractivity contribution in [3.05, 3.63) is 65.7 Å². The highest BCUT2D eigenvalue weighted by Crippen LogP contribution is 2.29. The molecule has 102 valence electrons. The molecule has 20 heavy (non-hydrogen) atoms. The van der Waals surface area contributed by atoms with Gasteiger partial charge in [0, 0.05) is 18.7 Å². The molecule has 0 saturated carbocycles. The second-order valence-corrected chi connectivity index (χ2v) is 5.44. The van der Waals surface area contributed by atoms with Crippen molar-refractivity contribution in [2.24, 2.45) is 0 Å². The molecule has 2 aromatic carbocycles. The molecule has 1 aliphatic rings. The summed E-state index contributed by atoms with van der Waals surface area (Å²) in [6, 6.07) is 18.5. The van der Waals surface area contributed by atoms with Crippen molar-refractivity contribution in [2.75, 3.05) is 11.4 Å². The number of nitrogens with zero attached hydrogens (tertiary/aromatic N) is 1. The molecule has 0 aromatic heterocycles. The lowest BCUT2D eigenvalue weighted by Crippen LogP contribution is -2.29. The van der Waals surface area contributed by atoms with Crippen LogP contribution < -0.4 is 4.90 Å². The maximum atomic E-state index is 12.5. The molecule has 0 N–H and O–H groups in total. The van der Waals surface area contributed by atoms with E-state index in [-0.39, 0.29) is 11.8 Å². The zero-order valence-corrected chi connectivity index (χ0v) is 11.8. The van der Waals surface area contributed by atoms with Gasteiger partial charge in [-0.15, -0.1) is 0 Å². The predicted octanol–water partition coefficient (Wildman–Crippen LogP) is 3.77. The van der Waals surface area contributed by atoms with Crippen LogP contribution in [0.1, 0.15) is 30.4 Å². The van der Waals surface area contributed by atoms with Crippen molar-refractivity contribution in [3.8, 4) is 0 Å². The van der Waals surface area contributed by atoms with E-state index in [1.165, 1.54) is 11.1 Å². The number of anilines is 1. The quantitative estimate of drug-likeness (QED) is 0.827. The zero-order chi connectivity index (χ0) is 13.9. The summed E-state index contributed by atoms with van der Waals surface area (Å²) in [4.78, 5) is 14.5. The molecule has 1 atom stereocenters. The first-order chi connectivity index (χ1) is 9.75. The van der Waals surface area contributed by atoms with E-state index in [0.717, 1.165) is 18.7 Å². The number of amides is 1. The minimum Gasteiger partial charge on any atom is -0.312 e. The molecule has 1 amide bonds. The highest BCUT2D eigenvalue weighted by Gasteiger charge is 2.25. The number of carbonyl (C=O) groups is 1. The van der Waals surface area contributed by atoms with Crippen LogP contribution in [0, 0.1) is 0 Å². The van der Waals surface area contributed by atoms with Crippen LogP contribution in [0.5, 0.6) is 0 Å². The molecule has 0 saturated heterocycles. The van der Waals surface area contributed by atoms with Gasteiger partial charge in [-0.3, -0.25) is 4.79 Å². The summed E-state index contributed by atoms with van der Waals surface area (Å²) in [6.45, 7) is 2.94. The van der Waals surface area contributed by atoms with E-state index in [9.17, 15) is 4.79 Å². The van der Waals surface area contributed by atoms with Gasteiger partial charge in [-0.1, -0.05) is 55.5 Å². The Labute approximate surface area is 120 Å². The largest absolute Gasteiger partial charge is 0.312 e. The van der Waals surface area contributed by atoms with Crippen LogP contribution in [0.2, 0.25) is 0 Å². The summed E-state index contributed by atoms with van der Waals surface area (Å²) in [5, 5.41) is 0. The number of hydrogen-bond donors (Lipinski definition) is 0. The summed E-state index contributed by atoms with van der Waals surface area (Å²) < 4.78 is 0. The zero-order valence-electron chi connectivity index (χ0n) is 11.8. The first-order valence-electron chi connectivity index (χ1n) is 7.19. The fraction of sp³-hybridized carbons (Fsp3) is 0.278. The highest BCUT2D eigenvalue weighted by molar-refractivity contribution is 5.95. The van der Waals surface area contributed by atoms with Crippen LogP contribution in [0.4, 0.5) is 5.69 Å². The third-order valence-corrected chi connectivity index (χ3v) is 4.04. The first-order valence-corrected chi connectivity index (χ1v) is 7.19. The monoisotopic (exact) mass is 265 g/mol. The summed E-state index contributed by atoms with van der Waals surface area (Å²) in [5.74, 6) is 0.489. The average Bonchev–Trinajstić information content (AvgIpc) is 2.92. The van der Waals surface area contributed by atoms with Crippen LogP contribution in [0.15, 0.2) is 54.6 Å². The first kappa shape index (κ1) is 12.9. The molecule has 2 heteroatoms. The molecule has 1 aliphatic heterocycles. The molecule has 0 spiro atoms. The molecule has 1 unspecified atom stereocenters. The Hall–Kier alpha value is -2.09.